The summed E-state index contributed by atoms with van der Waals surface area (Å²) < 4.78 is 10.4. The minimum absolute atomic E-state index is 0.258. The van der Waals surface area contributed by atoms with Crippen molar-refractivity contribution in [3.63, 3.8) is 0 Å². The molecule has 0 aliphatic carbocycles. The molecule has 0 saturated carbocycles. The number of urea groups is 1. The van der Waals surface area contributed by atoms with Crippen LogP contribution in [0.5, 0.6) is 11.5 Å². The zero-order valence-electron chi connectivity index (χ0n) is 11.1. The molecule has 1 aromatic carbocycles. The second kappa shape index (κ2) is 7.42. The smallest absolute Gasteiger partial charge is 0.319 e. The highest BCUT2D eigenvalue weighted by Gasteiger charge is 2.12. The second-order valence-corrected chi connectivity index (χ2v) is 3.77. The van der Waals surface area contributed by atoms with E-state index in [1.54, 1.807) is 32.4 Å². The van der Waals surface area contributed by atoms with E-state index in [4.69, 9.17) is 9.47 Å². The van der Waals surface area contributed by atoms with Crippen molar-refractivity contribution in [2.24, 2.45) is 0 Å². The number of benzene rings is 1. The fourth-order valence-corrected chi connectivity index (χ4v) is 1.51. The number of hydrogen-bond donors (Lipinski definition) is 2. The summed E-state index contributed by atoms with van der Waals surface area (Å²) in [5.74, 6) is 1.14. The Labute approximate surface area is 107 Å². The van der Waals surface area contributed by atoms with Gasteiger partial charge >= 0.3 is 6.03 Å². The van der Waals surface area contributed by atoms with Gasteiger partial charge in [0, 0.05) is 6.54 Å². The molecule has 0 spiro atoms. The van der Waals surface area contributed by atoms with Gasteiger partial charge in [-0.15, -0.1) is 0 Å². The number of rotatable bonds is 6. The summed E-state index contributed by atoms with van der Waals surface area (Å²) in [5.41, 5.74) is 0.538. The van der Waals surface area contributed by atoms with Crippen LogP contribution < -0.4 is 20.1 Å². The summed E-state index contributed by atoms with van der Waals surface area (Å²) in [6.07, 6.45) is 1.99. The first-order valence-electron chi connectivity index (χ1n) is 5.98. The van der Waals surface area contributed by atoms with Gasteiger partial charge in [0.1, 0.15) is 17.2 Å². The van der Waals surface area contributed by atoms with E-state index in [0.717, 1.165) is 12.8 Å². The summed E-state index contributed by atoms with van der Waals surface area (Å²) in [6.45, 7) is 2.72. The fourth-order valence-electron chi connectivity index (χ4n) is 1.51. The Kier molecular flexibility index (Phi) is 5.84. The Balaban J connectivity index is 2.72. The summed E-state index contributed by atoms with van der Waals surface area (Å²) in [5, 5.41) is 5.51. The van der Waals surface area contributed by atoms with Crippen molar-refractivity contribution in [3.05, 3.63) is 18.2 Å². The van der Waals surface area contributed by atoms with Gasteiger partial charge < -0.3 is 20.1 Å². The van der Waals surface area contributed by atoms with Crippen LogP contribution in [-0.2, 0) is 0 Å². The molecule has 0 heterocycles. The van der Waals surface area contributed by atoms with Crippen LogP contribution in [0, 0.1) is 0 Å². The van der Waals surface area contributed by atoms with Crippen LogP contribution in [0.15, 0.2) is 18.2 Å². The van der Waals surface area contributed by atoms with Crippen LogP contribution in [-0.4, -0.2) is 26.8 Å². The summed E-state index contributed by atoms with van der Waals surface area (Å²) >= 11 is 0. The molecule has 0 aromatic heterocycles. The van der Waals surface area contributed by atoms with Crippen molar-refractivity contribution >= 4 is 11.7 Å². The van der Waals surface area contributed by atoms with Gasteiger partial charge in [-0.05, 0) is 18.6 Å². The molecule has 0 fully saturated rings. The van der Waals surface area contributed by atoms with Crippen molar-refractivity contribution in [1.82, 2.24) is 5.32 Å². The van der Waals surface area contributed by atoms with E-state index >= 15 is 0 Å². The van der Waals surface area contributed by atoms with Crippen molar-refractivity contribution < 1.29 is 14.3 Å². The maximum Gasteiger partial charge on any atom is 0.319 e. The van der Waals surface area contributed by atoms with Crippen molar-refractivity contribution in [1.29, 1.82) is 0 Å². The number of para-hydroxylation sites is 1. The minimum atomic E-state index is -0.258. The Hall–Kier alpha value is -1.91. The lowest BCUT2D eigenvalue weighted by Gasteiger charge is -2.14. The largest absolute Gasteiger partial charge is 0.494 e. The molecule has 2 N–H and O–H groups in total. The molecule has 0 saturated heterocycles. The average Bonchev–Trinajstić information content (AvgIpc) is 2.39. The Bertz CT molecular complexity index is 372. The molecule has 5 nitrogen and oxygen atoms in total. The first kappa shape index (κ1) is 14.2. The maximum absolute atomic E-state index is 11.7. The Morgan fingerprint density at radius 3 is 2.33 bits per heavy atom. The standard InChI is InChI=1S/C13H20N2O3/c1-4-5-9-14-13(16)15-12-10(17-2)7-6-8-11(12)18-3/h6-8H,4-5,9H2,1-3H3,(H2,14,15,16). The number of anilines is 1. The predicted molar refractivity (Wildman–Crippen MR) is 71.5 cm³/mol. The van der Waals surface area contributed by atoms with Gasteiger partial charge in [-0.1, -0.05) is 19.4 Å². The molecule has 0 aliphatic rings. The average molecular weight is 252 g/mol. The van der Waals surface area contributed by atoms with E-state index in [2.05, 4.69) is 17.6 Å². The van der Waals surface area contributed by atoms with Crippen molar-refractivity contribution in [2.45, 2.75) is 19.8 Å². The van der Waals surface area contributed by atoms with Gasteiger partial charge in [0.05, 0.1) is 14.2 Å². The van der Waals surface area contributed by atoms with Gasteiger partial charge in [0.25, 0.3) is 0 Å². The SMILES string of the molecule is CCCCNC(=O)Nc1c(OC)cccc1OC. The lowest BCUT2D eigenvalue weighted by atomic mass is 10.2. The number of carbonyl (C=O) groups is 1. The fraction of sp³-hybridized carbons (Fsp3) is 0.462. The second-order valence-electron chi connectivity index (χ2n) is 3.77. The van der Waals surface area contributed by atoms with Gasteiger partial charge in [-0.2, -0.15) is 0 Å². The van der Waals surface area contributed by atoms with Crippen LogP contribution in [0.25, 0.3) is 0 Å². The Morgan fingerprint density at radius 1 is 1.22 bits per heavy atom. The van der Waals surface area contributed by atoms with E-state index < -0.39 is 0 Å². The molecule has 5 heteroatoms. The Morgan fingerprint density at radius 2 is 1.83 bits per heavy atom. The highest BCUT2D eigenvalue weighted by molar-refractivity contribution is 5.92. The summed E-state index contributed by atoms with van der Waals surface area (Å²) in [4.78, 5) is 11.7. The molecule has 0 aliphatic heterocycles. The molecule has 1 aromatic rings. The zero-order chi connectivity index (χ0) is 13.4. The van der Waals surface area contributed by atoms with E-state index in [1.807, 2.05) is 0 Å². The molecule has 0 radical (unpaired) electrons. The van der Waals surface area contributed by atoms with Crippen LogP contribution in [0.2, 0.25) is 0 Å². The van der Waals surface area contributed by atoms with Crippen LogP contribution >= 0.6 is 0 Å². The van der Waals surface area contributed by atoms with Crippen molar-refractivity contribution in [2.75, 3.05) is 26.1 Å². The molecule has 2 amide bonds. The molecule has 0 bridgehead atoms. The topological polar surface area (TPSA) is 59.6 Å². The first-order valence-corrected chi connectivity index (χ1v) is 5.98. The van der Waals surface area contributed by atoms with Crippen LogP contribution in [0.3, 0.4) is 0 Å². The highest BCUT2D eigenvalue weighted by atomic mass is 16.5. The zero-order valence-corrected chi connectivity index (χ0v) is 11.1. The van der Waals surface area contributed by atoms with E-state index in [1.165, 1.54) is 0 Å². The summed E-state index contributed by atoms with van der Waals surface area (Å²) in [7, 11) is 3.10. The number of ether oxygens (including phenoxy) is 2. The molecule has 0 atom stereocenters. The third-order valence-electron chi connectivity index (χ3n) is 2.48. The normalized spacial score (nSPS) is 9.72. The van der Waals surface area contributed by atoms with E-state index in [-0.39, 0.29) is 6.03 Å². The number of unbranched alkanes of at least 4 members (excludes halogenated alkanes) is 1. The predicted octanol–water partition coefficient (Wildman–Crippen LogP) is 2.63. The van der Waals surface area contributed by atoms with Gasteiger partial charge in [0.2, 0.25) is 0 Å². The third kappa shape index (κ3) is 3.84. The highest BCUT2D eigenvalue weighted by Crippen LogP contribution is 2.33. The molecular formula is C13H20N2O3. The van der Waals surface area contributed by atoms with E-state index in [9.17, 15) is 4.79 Å². The number of nitrogens with one attached hydrogen (secondary N) is 2. The molecule has 1 rings (SSSR count). The van der Waals surface area contributed by atoms with E-state index in [0.29, 0.717) is 23.7 Å². The quantitative estimate of drug-likeness (QED) is 0.765. The molecule has 100 valence electrons. The molecule has 18 heavy (non-hydrogen) atoms. The van der Waals surface area contributed by atoms with Gasteiger partial charge in [-0.25, -0.2) is 4.79 Å². The number of hydrogen-bond acceptors (Lipinski definition) is 3. The number of carbonyl (C=O) groups excluding carboxylic acids is 1. The summed E-state index contributed by atoms with van der Waals surface area (Å²) in [6, 6.07) is 5.08. The monoisotopic (exact) mass is 252 g/mol. The van der Waals surface area contributed by atoms with Crippen molar-refractivity contribution in [3.8, 4) is 11.5 Å². The number of amides is 2. The molecular weight excluding hydrogens is 232 g/mol. The van der Waals surface area contributed by atoms with Crippen LogP contribution in [0.4, 0.5) is 10.5 Å². The molecule has 0 unspecified atom stereocenters. The number of methoxy groups -OCH3 is 2. The maximum atomic E-state index is 11.7. The lowest BCUT2D eigenvalue weighted by Crippen LogP contribution is -2.29. The van der Waals surface area contributed by atoms with Gasteiger partial charge in [0.15, 0.2) is 0 Å². The third-order valence-corrected chi connectivity index (χ3v) is 2.48. The van der Waals surface area contributed by atoms with Gasteiger partial charge in [-0.3, -0.25) is 0 Å². The minimum Gasteiger partial charge on any atom is -0.494 e. The lowest BCUT2D eigenvalue weighted by molar-refractivity contribution is 0.251. The first-order chi connectivity index (χ1) is 8.72. The van der Waals surface area contributed by atoms with Crippen LogP contribution in [0.1, 0.15) is 19.8 Å².